The molecule has 2 unspecified atom stereocenters. The number of rotatable bonds is 9. The van der Waals surface area contributed by atoms with Crippen molar-refractivity contribution in [2.24, 2.45) is 0 Å². The van der Waals surface area contributed by atoms with Crippen molar-refractivity contribution in [2.45, 2.75) is 63.5 Å². The normalized spacial score (nSPS) is 19.2. The fourth-order valence-corrected chi connectivity index (χ4v) is 5.31. The van der Waals surface area contributed by atoms with Gasteiger partial charge in [-0.05, 0) is 55.9 Å². The molecule has 3 atom stereocenters. The summed E-state index contributed by atoms with van der Waals surface area (Å²) in [4.78, 5) is 46.0. The Hall–Kier alpha value is -3.89. The summed E-state index contributed by atoms with van der Waals surface area (Å²) < 4.78 is 0. The van der Waals surface area contributed by atoms with Gasteiger partial charge in [0.05, 0.1) is 5.69 Å². The highest BCUT2D eigenvalue weighted by Crippen LogP contribution is 2.45. The van der Waals surface area contributed by atoms with Crippen LogP contribution in [0.3, 0.4) is 0 Å². The van der Waals surface area contributed by atoms with Crippen LogP contribution in [0.5, 0.6) is 0 Å². The number of hydrogen-bond acceptors (Lipinski definition) is 8. The van der Waals surface area contributed by atoms with Gasteiger partial charge in [0.2, 0.25) is 5.95 Å². The van der Waals surface area contributed by atoms with E-state index in [1.165, 1.54) is 0 Å². The molecule has 0 bridgehead atoms. The molecule has 7 N–H and O–H groups in total. The number of nitrogens with two attached hydrogens (primary N) is 2. The molecule has 11 nitrogen and oxygen atoms in total. The molecule has 1 aliphatic carbocycles. The van der Waals surface area contributed by atoms with E-state index in [1.807, 2.05) is 6.07 Å². The minimum absolute atomic E-state index is 0.126. The SMILES string of the molecule is CCCN1c2ccc(C(=O)N[C@@H](CCC(=O)O)C(=O)O)cc2CC1C1CCc2nc(N)nc(N)c21. The first-order valence-corrected chi connectivity index (χ1v) is 11.8. The third-order valence-electron chi connectivity index (χ3n) is 6.79. The summed E-state index contributed by atoms with van der Waals surface area (Å²) in [5.41, 5.74) is 16.3. The number of carboxylic acids is 2. The Kier molecular flexibility index (Phi) is 6.77. The van der Waals surface area contributed by atoms with Crippen molar-refractivity contribution in [3.63, 3.8) is 0 Å². The maximum absolute atomic E-state index is 12.8. The number of carbonyl (C=O) groups is 3. The minimum atomic E-state index is -1.28. The molecular formula is C24H30N6O5. The van der Waals surface area contributed by atoms with Crippen molar-refractivity contribution in [3.05, 3.63) is 40.6 Å². The number of benzene rings is 1. The van der Waals surface area contributed by atoms with Gasteiger partial charge in [0.1, 0.15) is 11.9 Å². The van der Waals surface area contributed by atoms with Crippen LogP contribution in [0.2, 0.25) is 0 Å². The van der Waals surface area contributed by atoms with Crippen LogP contribution in [0.1, 0.15) is 65.7 Å². The zero-order chi connectivity index (χ0) is 25.3. The summed E-state index contributed by atoms with van der Waals surface area (Å²) in [7, 11) is 0. The lowest BCUT2D eigenvalue weighted by molar-refractivity contribution is -0.140. The molecule has 2 heterocycles. The highest BCUT2D eigenvalue weighted by molar-refractivity contribution is 5.97. The van der Waals surface area contributed by atoms with Crippen LogP contribution in [0.4, 0.5) is 17.5 Å². The number of amides is 1. The largest absolute Gasteiger partial charge is 0.481 e. The number of nitrogens with zero attached hydrogens (tertiary/aromatic N) is 3. The summed E-state index contributed by atoms with van der Waals surface area (Å²) in [6.07, 6.45) is 2.76. The molecule has 1 amide bonds. The van der Waals surface area contributed by atoms with E-state index >= 15 is 0 Å². The fourth-order valence-electron chi connectivity index (χ4n) is 5.31. The smallest absolute Gasteiger partial charge is 0.326 e. The topological polar surface area (TPSA) is 185 Å². The molecule has 0 saturated carbocycles. The zero-order valence-electron chi connectivity index (χ0n) is 19.5. The molecule has 4 rings (SSSR count). The third-order valence-corrected chi connectivity index (χ3v) is 6.79. The van der Waals surface area contributed by atoms with Gasteiger partial charge in [-0.2, -0.15) is 4.98 Å². The van der Waals surface area contributed by atoms with Crippen molar-refractivity contribution >= 4 is 35.3 Å². The maximum Gasteiger partial charge on any atom is 0.326 e. The minimum Gasteiger partial charge on any atom is -0.481 e. The van der Waals surface area contributed by atoms with E-state index in [4.69, 9.17) is 16.6 Å². The Morgan fingerprint density at radius 3 is 2.69 bits per heavy atom. The lowest BCUT2D eigenvalue weighted by Gasteiger charge is -2.32. The molecule has 11 heteroatoms. The van der Waals surface area contributed by atoms with Crippen LogP contribution in [0.25, 0.3) is 0 Å². The van der Waals surface area contributed by atoms with Crippen molar-refractivity contribution in [1.29, 1.82) is 0 Å². The molecule has 0 radical (unpaired) electrons. The summed E-state index contributed by atoms with van der Waals surface area (Å²) in [6, 6.07) is 4.21. The fraction of sp³-hybridized carbons (Fsp3) is 0.458. The number of aromatic nitrogens is 2. The monoisotopic (exact) mass is 482 g/mol. The standard InChI is InChI=1S/C24H30N6O5/c1-2-9-30-17-7-3-12(22(33)27-16(23(34)35)6-8-19(31)32)10-13(17)11-18(30)14-4-5-15-20(14)21(25)29-24(26)28-15/h3,7,10,14,16,18H,2,4-6,8-9,11H2,1H3,(H,27,33)(H,31,32)(H,34,35)(H4,25,26,28,29)/t14?,16-,18?/m0/s1. The highest BCUT2D eigenvalue weighted by atomic mass is 16.4. The second-order valence-electron chi connectivity index (χ2n) is 9.08. The number of nitrogens with one attached hydrogen (secondary N) is 1. The molecule has 0 spiro atoms. The maximum atomic E-state index is 12.8. The van der Waals surface area contributed by atoms with Crippen molar-refractivity contribution in [1.82, 2.24) is 15.3 Å². The molecule has 1 aromatic carbocycles. The highest BCUT2D eigenvalue weighted by Gasteiger charge is 2.40. The van der Waals surface area contributed by atoms with E-state index in [0.29, 0.717) is 17.8 Å². The number of fused-ring (bicyclic) bond motifs is 2. The summed E-state index contributed by atoms with van der Waals surface area (Å²) in [6.45, 7) is 2.95. The molecule has 1 aromatic heterocycles. The average Bonchev–Trinajstić information content (AvgIpc) is 3.37. The van der Waals surface area contributed by atoms with E-state index in [-0.39, 0.29) is 30.7 Å². The number of anilines is 3. The van der Waals surface area contributed by atoms with E-state index in [9.17, 15) is 19.5 Å². The molecule has 0 fully saturated rings. The Morgan fingerprint density at radius 2 is 2.00 bits per heavy atom. The first kappa shape index (κ1) is 24.2. The van der Waals surface area contributed by atoms with E-state index < -0.39 is 23.9 Å². The molecule has 0 saturated heterocycles. The van der Waals surface area contributed by atoms with Gasteiger partial charge in [-0.15, -0.1) is 0 Å². The average molecular weight is 483 g/mol. The van der Waals surface area contributed by atoms with Gasteiger partial charge in [-0.3, -0.25) is 9.59 Å². The van der Waals surface area contributed by atoms with Gasteiger partial charge >= 0.3 is 11.9 Å². The summed E-state index contributed by atoms with van der Waals surface area (Å²) >= 11 is 0. The van der Waals surface area contributed by atoms with Crippen LogP contribution in [-0.4, -0.2) is 56.7 Å². The first-order chi connectivity index (χ1) is 16.7. The number of nitrogen functional groups attached to an aromatic ring is 2. The van der Waals surface area contributed by atoms with Gasteiger partial charge in [0.15, 0.2) is 0 Å². The number of hydrogen-bond donors (Lipinski definition) is 5. The number of aliphatic carboxylic acids is 2. The molecule has 35 heavy (non-hydrogen) atoms. The second-order valence-corrected chi connectivity index (χ2v) is 9.08. The van der Waals surface area contributed by atoms with Crippen molar-refractivity contribution in [2.75, 3.05) is 22.9 Å². The van der Waals surface area contributed by atoms with Gasteiger partial charge in [0.25, 0.3) is 5.91 Å². The number of carboxylic acid groups (broad SMARTS) is 2. The van der Waals surface area contributed by atoms with Gasteiger partial charge < -0.3 is 31.9 Å². The lowest BCUT2D eigenvalue weighted by Crippen LogP contribution is -2.41. The quantitative estimate of drug-likeness (QED) is 0.351. The Morgan fingerprint density at radius 1 is 1.23 bits per heavy atom. The summed E-state index contributed by atoms with van der Waals surface area (Å²) in [5.74, 6) is -2.20. The van der Waals surface area contributed by atoms with E-state index in [2.05, 4.69) is 27.1 Å². The first-order valence-electron chi connectivity index (χ1n) is 11.8. The summed E-state index contributed by atoms with van der Waals surface area (Å²) in [5, 5.41) is 20.7. The van der Waals surface area contributed by atoms with Crippen LogP contribution in [0.15, 0.2) is 18.2 Å². The van der Waals surface area contributed by atoms with Crippen LogP contribution in [0, 0.1) is 0 Å². The third kappa shape index (κ3) is 4.84. The molecule has 2 aromatic rings. The molecule has 186 valence electrons. The van der Waals surface area contributed by atoms with Crippen molar-refractivity contribution in [3.8, 4) is 0 Å². The number of aryl methyl sites for hydroxylation is 1. The van der Waals surface area contributed by atoms with Crippen LogP contribution < -0.4 is 21.7 Å². The second kappa shape index (κ2) is 9.77. The van der Waals surface area contributed by atoms with Crippen molar-refractivity contribution < 1.29 is 24.6 Å². The molecule has 2 aliphatic rings. The molecule has 1 aliphatic heterocycles. The number of carbonyl (C=O) groups excluding carboxylic acids is 1. The predicted molar refractivity (Wildman–Crippen MR) is 129 cm³/mol. The van der Waals surface area contributed by atoms with Gasteiger partial charge in [0, 0.05) is 41.7 Å². The van der Waals surface area contributed by atoms with Crippen LogP contribution >= 0.6 is 0 Å². The van der Waals surface area contributed by atoms with E-state index in [0.717, 1.165) is 48.3 Å². The van der Waals surface area contributed by atoms with E-state index in [1.54, 1.807) is 12.1 Å². The Labute approximate surface area is 202 Å². The molecular weight excluding hydrogens is 452 g/mol. The van der Waals surface area contributed by atoms with Gasteiger partial charge in [-0.1, -0.05) is 6.92 Å². The van der Waals surface area contributed by atoms with Crippen LogP contribution in [-0.2, 0) is 22.4 Å². The Bertz CT molecular complexity index is 1170. The predicted octanol–water partition coefficient (Wildman–Crippen LogP) is 1.56. The zero-order valence-corrected chi connectivity index (χ0v) is 19.5. The van der Waals surface area contributed by atoms with Gasteiger partial charge in [-0.25, -0.2) is 9.78 Å². The Balaban J connectivity index is 1.57. The lowest BCUT2D eigenvalue weighted by atomic mass is 9.91.